The van der Waals surface area contributed by atoms with Gasteiger partial charge in [0.15, 0.2) is 10.9 Å². The van der Waals surface area contributed by atoms with Crippen LogP contribution in [0.1, 0.15) is 26.6 Å². The van der Waals surface area contributed by atoms with Gasteiger partial charge >= 0.3 is 0 Å². The second-order valence-electron chi connectivity index (χ2n) is 8.38. The third-order valence-electron chi connectivity index (χ3n) is 6.04. The van der Waals surface area contributed by atoms with Gasteiger partial charge in [-0.3, -0.25) is 9.36 Å². The molecule has 37 heavy (non-hydrogen) atoms. The monoisotopic (exact) mass is 567 g/mol. The van der Waals surface area contributed by atoms with Crippen molar-refractivity contribution in [2.45, 2.75) is 23.9 Å². The number of nitrogens with zero attached hydrogens (tertiary/aromatic N) is 5. The Balaban J connectivity index is 1.22. The summed E-state index contributed by atoms with van der Waals surface area (Å²) in [4.78, 5) is 19.6. The van der Waals surface area contributed by atoms with Gasteiger partial charge in [0.25, 0.3) is 5.91 Å². The number of carbonyl (C=O) groups excluding carboxylic acids is 1. The Hall–Kier alpha value is -3.11. The molecule has 0 fully saturated rings. The molecule has 0 bridgehead atoms. The molecule has 1 aliphatic heterocycles. The summed E-state index contributed by atoms with van der Waals surface area (Å²) in [6.07, 6.45) is 2.44. The van der Waals surface area contributed by atoms with Crippen molar-refractivity contribution in [1.29, 1.82) is 0 Å². The number of aromatic nitrogens is 4. The van der Waals surface area contributed by atoms with Crippen molar-refractivity contribution in [3.63, 3.8) is 0 Å². The molecule has 11 heteroatoms. The van der Waals surface area contributed by atoms with Gasteiger partial charge in [-0.2, -0.15) is 0 Å². The Labute approximate surface area is 231 Å². The van der Waals surface area contributed by atoms with Crippen molar-refractivity contribution >= 4 is 52.2 Å². The number of amides is 1. The molecule has 2 aromatic carbocycles. The van der Waals surface area contributed by atoms with E-state index in [-0.39, 0.29) is 5.91 Å². The molecule has 0 unspecified atom stereocenters. The van der Waals surface area contributed by atoms with Gasteiger partial charge in [0.05, 0.1) is 22.7 Å². The van der Waals surface area contributed by atoms with E-state index < -0.39 is 0 Å². The van der Waals surface area contributed by atoms with Gasteiger partial charge in [0, 0.05) is 23.5 Å². The first-order chi connectivity index (χ1) is 18.1. The highest BCUT2D eigenvalue weighted by Gasteiger charge is 2.24. The number of hydrogen-bond donors (Lipinski definition) is 0. The standard InChI is InChI=1S/C26H19Cl2N5O2S2/c27-18-7-8-21(19(28)12-18)33-24(22-6-3-11-35-22)30-31-26(33)37-15-23-29-20(14-36-23)25(34)32-10-9-16-4-1-2-5-17(16)13-32/h1-8,11-12,14H,9-10,13,15H2. The minimum absolute atomic E-state index is 0.0433. The number of benzene rings is 2. The smallest absolute Gasteiger partial charge is 0.273 e. The van der Waals surface area contributed by atoms with E-state index in [1.54, 1.807) is 24.5 Å². The fourth-order valence-corrected chi connectivity index (χ4v) is 6.47. The highest BCUT2D eigenvalue weighted by atomic mass is 35.5. The quantitative estimate of drug-likeness (QED) is 0.210. The molecule has 0 N–H and O–H groups in total. The first kappa shape index (κ1) is 24.2. The summed E-state index contributed by atoms with van der Waals surface area (Å²) in [7, 11) is 0. The second kappa shape index (κ2) is 10.3. The molecule has 1 aliphatic rings. The van der Waals surface area contributed by atoms with E-state index in [0.29, 0.717) is 57.0 Å². The molecule has 0 radical (unpaired) electrons. The maximum absolute atomic E-state index is 13.1. The van der Waals surface area contributed by atoms with Crippen LogP contribution in [0.15, 0.2) is 75.8 Å². The molecule has 7 nitrogen and oxygen atoms in total. The molecule has 5 aromatic rings. The van der Waals surface area contributed by atoms with Crippen molar-refractivity contribution in [1.82, 2.24) is 24.6 Å². The van der Waals surface area contributed by atoms with E-state index in [1.165, 1.54) is 34.2 Å². The van der Waals surface area contributed by atoms with Gasteiger partial charge in [-0.1, -0.05) is 59.2 Å². The Morgan fingerprint density at radius 1 is 1.08 bits per heavy atom. The topological polar surface area (TPSA) is 77.0 Å². The molecular formula is C26H19Cl2N5O2S2. The predicted molar refractivity (Wildman–Crippen MR) is 146 cm³/mol. The van der Waals surface area contributed by atoms with Crippen LogP contribution in [0, 0.1) is 0 Å². The summed E-state index contributed by atoms with van der Waals surface area (Å²) in [5, 5.41) is 13.0. The molecule has 6 rings (SSSR count). The number of thiazole rings is 1. The average Bonchev–Trinajstić information content (AvgIpc) is 3.68. The number of rotatable bonds is 6. The molecule has 0 saturated carbocycles. The van der Waals surface area contributed by atoms with Gasteiger partial charge in [-0.25, -0.2) is 4.98 Å². The van der Waals surface area contributed by atoms with Gasteiger partial charge in [0.2, 0.25) is 5.82 Å². The third kappa shape index (κ3) is 4.92. The number of furan rings is 1. The molecule has 0 spiro atoms. The fourth-order valence-electron chi connectivity index (χ4n) is 4.24. The molecule has 0 saturated heterocycles. The Morgan fingerprint density at radius 2 is 1.95 bits per heavy atom. The van der Waals surface area contributed by atoms with E-state index in [0.717, 1.165) is 11.4 Å². The summed E-state index contributed by atoms with van der Waals surface area (Å²) in [5.41, 5.74) is 3.66. The number of hydrogen-bond acceptors (Lipinski definition) is 7. The average molecular weight is 569 g/mol. The maximum atomic E-state index is 13.1. The van der Waals surface area contributed by atoms with Crippen molar-refractivity contribution in [3.05, 3.63) is 98.1 Å². The first-order valence-corrected chi connectivity index (χ1v) is 14.1. The summed E-state index contributed by atoms with van der Waals surface area (Å²) < 4.78 is 7.42. The van der Waals surface area contributed by atoms with Crippen LogP contribution in [0.3, 0.4) is 0 Å². The molecular weight excluding hydrogens is 549 g/mol. The molecule has 0 atom stereocenters. The van der Waals surface area contributed by atoms with Crippen LogP contribution < -0.4 is 0 Å². The zero-order valence-electron chi connectivity index (χ0n) is 19.3. The van der Waals surface area contributed by atoms with Gasteiger partial charge in [0.1, 0.15) is 10.7 Å². The summed E-state index contributed by atoms with van der Waals surface area (Å²) in [6, 6.07) is 17.1. The number of thioether (sulfide) groups is 1. The van der Waals surface area contributed by atoms with Crippen LogP contribution in [0.2, 0.25) is 10.0 Å². The normalized spacial score (nSPS) is 13.1. The van der Waals surface area contributed by atoms with Gasteiger partial charge in [-0.15, -0.1) is 21.5 Å². The Bertz CT molecular complexity index is 1580. The van der Waals surface area contributed by atoms with Crippen molar-refractivity contribution < 1.29 is 9.21 Å². The van der Waals surface area contributed by atoms with Gasteiger partial charge < -0.3 is 9.32 Å². The molecule has 0 aliphatic carbocycles. The van der Waals surface area contributed by atoms with Crippen molar-refractivity contribution in [2.24, 2.45) is 0 Å². The lowest BCUT2D eigenvalue weighted by atomic mass is 10.00. The van der Waals surface area contributed by atoms with E-state index in [1.807, 2.05) is 39.1 Å². The van der Waals surface area contributed by atoms with Gasteiger partial charge in [-0.05, 0) is 47.9 Å². The van der Waals surface area contributed by atoms with Crippen molar-refractivity contribution in [2.75, 3.05) is 6.54 Å². The summed E-state index contributed by atoms with van der Waals surface area (Å²) in [5.74, 6) is 1.56. The van der Waals surface area contributed by atoms with Crippen LogP contribution in [-0.4, -0.2) is 37.1 Å². The SMILES string of the molecule is O=C(c1csc(CSc2nnc(-c3ccco3)n2-c2ccc(Cl)cc2Cl)n1)N1CCc2ccccc2C1. The largest absolute Gasteiger partial charge is 0.461 e. The third-order valence-corrected chi connectivity index (χ3v) is 8.55. The van der Waals surface area contributed by atoms with Crippen molar-refractivity contribution in [3.8, 4) is 17.3 Å². The minimum Gasteiger partial charge on any atom is -0.461 e. The lowest BCUT2D eigenvalue weighted by Gasteiger charge is -2.28. The van der Waals surface area contributed by atoms with Crippen LogP contribution in [-0.2, 0) is 18.7 Å². The molecule has 1 amide bonds. The number of carbonyl (C=O) groups is 1. The maximum Gasteiger partial charge on any atom is 0.273 e. The summed E-state index contributed by atoms with van der Waals surface area (Å²) in [6.45, 7) is 1.30. The van der Waals surface area contributed by atoms with Crippen LogP contribution >= 0.6 is 46.3 Å². The molecule has 3 aromatic heterocycles. The second-order valence-corrected chi connectivity index (χ2v) is 11.1. The van der Waals surface area contributed by atoms with E-state index in [4.69, 9.17) is 27.6 Å². The molecule has 4 heterocycles. The number of fused-ring (bicyclic) bond motifs is 1. The zero-order valence-corrected chi connectivity index (χ0v) is 22.4. The fraction of sp³-hybridized carbons (Fsp3) is 0.154. The van der Waals surface area contributed by atoms with Crippen LogP contribution in [0.5, 0.6) is 0 Å². The molecule has 186 valence electrons. The zero-order chi connectivity index (χ0) is 25.4. The van der Waals surface area contributed by atoms with E-state index in [2.05, 4.69) is 27.3 Å². The first-order valence-electron chi connectivity index (χ1n) is 11.4. The lowest BCUT2D eigenvalue weighted by molar-refractivity contribution is 0.0729. The van der Waals surface area contributed by atoms with Crippen LogP contribution in [0.25, 0.3) is 17.3 Å². The highest BCUT2D eigenvalue weighted by Crippen LogP contribution is 2.34. The minimum atomic E-state index is -0.0433. The Kier molecular flexibility index (Phi) is 6.77. The van der Waals surface area contributed by atoms with Crippen LogP contribution in [0.4, 0.5) is 0 Å². The van der Waals surface area contributed by atoms with E-state index >= 15 is 0 Å². The lowest BCUT2D eigenvalue weighted by Crippen LogP contribution is -2.36. The number of halogens is 2. The highest BCUT2D eigenvalue weighted by molar-refractivity contribution is 7.98. The predicted octanol–water partition coefficient (Wildman–Crippen LogP) is 6.78. The Morgan fingerprint density at radius 3 is 2.76 bits per heavy atom. The summed E-state index contributed by atoms with van der Waals surface area (Å²) >= 11 is 15.6. The van der Waals surface area contributed by atoms with E-state index in [9.17, 15) is 4.79 Å².